The van der Waals surface area contributed by atoms with Crippen molar-refractivity contribution < 1.29 is 4.74 Å². The number of aromatic nitrogens is 5. The van der Waals surface area contributed by atoms with Gasteiger partial charge in [-0.05, 0) is 12.1 Å². The lowest BCUT2D eigenvalue weighted by molar-refractivity contribution is 0.401. The zero-order valence-corrected chi connectivity index (χ0v) is 12.2. The number of methoxy groups -OCH3 is 1. The lowest BCUT2D eigenvalue weighted by Gasteiger charge is -2.08. The van der Waals surface area contributed by atoms with E-state index in [0.29, 0.717) is 17.4 Å². The first-order valence-electron chi connectivity index (χ1n) is 6.84. The number of hydrogen-bond donors (Lipinski definition) is 0. The Morgan fingerprint density at radius 3 is 2.82 bits per heavy atom. The van der Waals surface area contributed by atoms with Gasteiger partial charge < -0.3 is 9.30 Å². The first-order valence-corrected chi connectivity index (χ1v) is 6.84. The van der Waals surface area contributed by atoms with Crippen molar-refractivity contribution in [2.75, 3.05) is 7.11 Å². The number of pyridine rings is 1. The summed E-state index contributed by atoms with van der Waals surface area (Å²) in [6.45, 7) is 0. The van der Waals surface area contributed by atoms with Crippen LogP contribution in [0.4, 0.5) is 0 Å². The Morgan fingerprint density at radius 1 is 1.09 bits per heavy atom. The summed E-state index contributed by atoms with van der Waals surface area (Å²) >= 11 is 0. The van der Waals surface area contributed by atoms with Crippen LogP contribution in [0.3, 0.4) is 0 Å². The van der Waals surface area contributed by atoms with E-state index < -0.39 is 0 Å². The molecular weight excluding hydrogens is 278 g/mol. The molecule has 0 saturated heterocycles. The maximum atomic E-state index is 5.41. The molecular formula is C16H13N5O. The number of nitrogens with zero attached hydrogens (tertiary/aromatic N) is 5. The minimum Gasteiger partial charge on any atom is -0.480 e. The highest BCUT2D eigenvalue weighted by Gasteiger charge is 2.14. The highest BCUT2D eigenvalue weighted by atomic mass is 16.5. The van der Waals surface area contributed by atoms with Gasteiger partial charge in [0.1, 0.15) is 5.52 Å². The monoisotopic (exact) mass is 291 g/mol. The van der Waals surface area contributed by atoms with E-state index in [4.69, 9.17) is 4.74 Å². The molecule has 1 aromatic carbocycles. The highest BCUT2D eigenvalue weighted by molar-refractivity contribution is 5.85. The normalized spacial score (nSPS) is 11.2. The quantitative estimate of drug-likeness (QED) is 0.568. The summed E-state index contributed by atoms with van der Waals surface area (Å²) in [4.78, 5) is 17.8. The van der Waals surface area contributed by atoms with Gasteiger partial charge in [0, 0.05) is 12.4 Å². The van der Waals surface area contributed by atoms with Crippen LogP contribution >= 0.6 is 0 Å². The fourth-order valence-corrected chi connectivity index (χ4v) is 2.46. The molecule has 0 unspecified atom stereocenters. The van der Waals surface area contributed by atoms with Gasteiger partial charge >= 0.3 is 0 Å². The molecule has 0 radical (unpaired) electrons. The van der Waals surface area contributed by atoms with Gasteiger partial charge in [-0.3, -0.25) is 0 Å². The number of aryl methyl sites for hydroxylation is 1. The molecule has 0 saturated carbocycles. The summed E-state index contributed by atoms with van der Waals surface area (Å²) in [5.74, 6) is 1.07. The SMILES string of the molecule is COc1nc2ccccc2cc1-c1ncc2c(ncn2C)n1. The first kappa shape index (κ1) is 12.7. The largest absolute Gasteiger partial charge is 0.480 e. The molecule has 4 aromatic rings. The van der Waals surface area contributed by atoms with Gasteiger partial charge in [-0.25, -0.2) is 19.9 Å². The Balaban J connectivity index is 1.97. The maximum Gasteiger partial charge on any atom is 0.224 e. The van der Waals surface area contributed by atoms with Crippen LogP contribution in [0.2, 0.25) is 0 Å². The summed E-state index contributed by atoms with van der Waals surface area (Å²) in [6, 6.07) is 9.87. The van der Waals surface area contributed by atoms with Gasteiger partial charge in [0.05, 0.1) is 30.7 Å². The number of para-hydroxylation sites is 1. The number of benzene rings is 1. The van der Waals surface area contributed by atoms with Crippen LogP contribution in [0, 0.1) is 0 Å². The van der Waals surface area contributed by atoms with Crippen LogP contribution in [0.5, 0.6) is 5.88 Å². The summed E-state index contributed by atoms with van der Waals surface area (Å²) < 4.78 is 7.29. The minimum atomic E-state index is 0.508. The molecule has 0 atom stereocenters. The van der Waals surface area contributed by atoms with Gasteiger partial charge in [0.15, 0.2) is 11.5 Å². The highest BCUT2D eigenvalue weighted by Crippen LogP contribution is 2.29. The van der Waals surface area contributed by atoms with Crippen molar-refractivity contribution in [3.05, 3.63) is 42.9 Å². The van der Waals surface area contributed by atoms with Crippen LogP contribution < -0.4 is 4.74 Å². The Labute approximate surface area is 126 Å². The predicted octanol–water partition coefficient (Wildman–Crippen LogP) is 2.59. The van der Waals surface area contributed by atoms with Gasteiger partial charge in [0.2, 0.25) is 5.88 Å². The molecule has 3 heterocycles. The summed E-state index contributed by atoms with van der Waals surface area (Å²) in [6.07, 6.45) is 3.48. The molecule has 0 fully saturated rings. The lowest BCUT2D eigenvalue weighted by atomic mass is 10.1. The Bertz CT molecular complexity index is 992. The lowest BCUT2D eigenvalue weighted by Crippen LogP contribution is -1.97. The zero-order chi connectivity index (χ0) is 15.1. The van der Waals surface area contributed by atoms with Crippen LogP contribution in [-0.4, -0.2) is 31.6 Å². The molecule has 6 heteroatoms. The number of imidazole rings is 1. The van der Waals surface area contributed by atoms with E-state index in [2.05, 4.69) is 19.9 Å². The maximum absolute atomic E-state index is 5.41. The zero-order valence-electron chi connectivity index (χ0n) is 12.2. The summed E-state index contributed by atoms with van der Waals surface area (Å²) in [7, 11) is 3.51. The third kappa shape index (κ3) is 1.88. The van der Waals surface area contributed by atoms with Gasteiger partial charge in [-0.15, -0.1) is 0 Å². The molecule has 0 aliphatic rings. The predicted molar refractivity (Wildman–Crippen MR) is 83.6 cm³/mol. The fraction of sp³-hybridized carbons (Fsp3) is 0.125. The second-order valence-electron chi connectivity index (χ2n) is 5.00. The average Bonchev–Trinajstić information content (AvgIpc) is 2.94. The van der Waals surface area contributed by atoms with E-state index in [0.717, 1.165) is 22.0 Å². The molecule has 0 bridgehead atoms. The summed E-state index contributed by atoms with van der Waals surface area (Å²) in [5, 5.41) is 1.02. The van der Waals surface area contributed by atoms with Gasteiger partial charge in [-0.1, -0.05) is 18.2 Å². The Morgan fingerprint density at radius 2 is 1.95 bits per heavy atom. The molecule has 0 aliphatic heterocycles. The van der Waals surface area contributed by atoms with Crippen molar-refractivity contribution >= 4 is 22.1 Å². The fourth-order valence-electron chi connectivity index (χ4n) is 2.46. The standard InChI is InChI=1S/C16H13N5O/c1-21-9-18-15-13(21)8-17-14(20-15)11-7-10-5-3-4-6-12(10)19-16(11)22-2/h3-9H,1-2H3. The molecule has 0 aliphatic carbocycles. The van der Waals surface area contributed by atoms with Crippen molar-refractivity contribution in [2.45, 2.75) is 0 Å². The van der Waals surface area contributed by atoms with Crippen molar-refractivity contribution in [1.82, 2.24) is 24.5 Å². The molecule has 0 spiro atoms. The minimum absolute atomic E-state index is 0.508. The number of rotatable bonds is 2. The molecule has 22 heavy (non-hydrogen) atoms. The molecule has 4 rings (SSSR count). The second kappa shape index (κ2) is 4.77. The average molecular weight is 291 g/mol. The molecule has 0 amide bonds. The van der Waals surface area contributed by atoms with E-state index in [1.54, 1.807) is 19.6 Å². The van der Waals surface area contributed by atoms with Crippen molar-refractivity contribution in [3.8, 4) is 17.3 Å². The second-order valence-corrected chi connectivity index (χ2v) is 5.00. The summed E-state index contributed by atoms with van der Waals surface area (Å²) in [5.41, 5.74) is 3.18. The Kier molecular flexibility index (Phi) is 2.75. The first-order chi connectivity index (χ1) is 10.8. The number of ether oxygens (including phenoxy) is 1. The van der Waals surface area contributed by atoms with Gasteiger partial charge in [0.25, 0.3) is 0 Å². The number of fused-ring (bicyclic) bond motifs is 2. The van der Waals surface area contributed by atoms with Crippen molar-refractivity contribution in [2.24, 2.45) is 7.05 Å². The topological polar surface area (TPSA) is 65.7 Å². The third-order valence-corrected chi connectivity index (χ3v) is 3.61. The van der Waals surface area contributed by atoms with Gasteiger partial charge in [-0.2, -0.15) is 0 Å². The van der Waals surface area contributed by atoms with Crippen LogP contribution in [0.15, 0.2) is 42.9 Å². The number of hydrogen-bond acceptors (Lipinski definition) is 5. The van der Waals surface area contributed by atoms with E-state index in [1.807, 2.05) is 41.9 Å². The van der Waals surface area contributed by atoms with E-state index in [-0.39, 0.29) is 0 Å². The molecule has 3 aromatic heterocycles. The molecule has 108 valence electrons. The van der Waals surface area contributed by atoms with Crippen LogP contribution in [0.25, 0.3) is 33.5 Å². The molecule has 6 nitrogen and oxygen atoms in total. The van der Waals surface area contributed by atoms with E-state index >= 15 is 0 Å². The van der Waals surface area contributed by atoms with E-state index in [9.17, 15) is 0 Å². The van der Waals surface area contributed by atoms with Crippen LogP contribution in [-0.2, 0) is 7.05 Å². The van der Waals surface area contributed by atoms with Crippen LogP contribution in [0.1, 0.15) is 0 Å². The van der Waals surface area contributed by atoms with E-state index in [1.165, 1.54) is 0 Å². The Hall–Kier alpha value is -3.02. The van der Waals surface area contributed by atoms with Crippen molar-refractivity contribution in [1.29, 1.82) is 0 Å². The third-order valence-electron chi connectivity index (χ3n) is 3.61. The van der Waals surface area contributed by atoms with Crippen molar-refractivity contribution in [3.63, 3.8) is 0 Å². The molecule has 0 N–H and O–H groups in total. The smallest absolute Gasteiger partial charge is 0.224 e.